The Bertz CT molecular complexity index is 184. The van der Waals surface area contributed by atoms with Gasteiger partial charge in [0, 0.05) is 0 Å². The smallest absolute Gasteiger partial charge is 0.407 e. The third-order valence-electron chi connectivity index (χ3n) is 1.13. The summed E-state index contributed by atoms with van der Waals surface area (Å²) < 4.78 is 4.94. The van der Waals surface area contributed by atoms with Gasteiger partial charge in [0.25, 0.3) is 0 Å². The highest BCUT2D eigenvalue weighted by molar-refractivity contribution is 5.67. The van der Waals surface area contributed by atoms with Gasteiger partial charge in [-0.3, -0.25) is 0 Å². The van der Waals surface area contributed by atoms with Crippen LogP contribution in [0, 0.1) is 0 Å². The average molecular weight is 187 g/mol. The lowest BCUT2D eigenvalue weighted by Gasteiger charge is -2.20. The molecule has 1 amide bonds. The van der Waals surface area contributed by atoms with Crippen LogP contribution in [0.4, 0.5) is 4.79 Å². The van der Waals surface area contributed by atoms with Gasteiger partial charge in [-0.2, -0.15) is 0 Å². The summed E-state index contributed by atoms with van der Waals surface area (Å²) in [6, 6.07) is 0. The molecule has 0 aromatic carbocycles. The molecule has 0 bridgehead atoms. The van der Waals surface area contributed by atoms with Crippen LogP contribution in [0.25, 0.3) is 0 Å². The van der Waals surface area contributed by atoms with Crippen LogP contribution in [0.5, 0.6) is 0 Å². The van der Waals surface area contributed by atoms with Crippen molar-refractivity contribution in [3.05, 3.63) is 12.7 Å². The van der Waals surface area contributed by atoms with Crippen molar-refractivity contribution in [1.82, 2.24) is 5.32 Å². The van der Waals surface area contributed by atoms with Crippen molar-refractivity contribution in [3.63, 3.8) is 0 Å². The zero-order valence-electron chi connectivity index (χ0n) is 8.33. The highest BCUT2D eigenvalue weighted by atomic mass is 16.6. The molecule has 0 aromatic rings. The van der Waals surface area contributed by atoms with Crippen LogP contribution in [0.1, 0.15) is 20.8 Å². The predicted octanol–water partition coefficient (Wildman–Crippen LogP) is 1.06. The highest BCUT2D eigenvalue weighted by Gasteiger charge is 2.15. The number of hydrogen-bond acceptors (Lipinski definition) is 3. The molecule has 0 spiro atoms. The van der Waals surface area contributed by atoms with Crippen molar-refractivity contribution in [3.8, 4) is 0 Å². The Morgan fingerprint density at radius 3 is 2.62 bits per heavy atom. The van der Waals surface area contributed by atoms with E-state index in [-0.39, 0.29) is 6.54 Å². The van der Waals surface area contributed by atoms with E-state index in [0.717, 1.165) is 0 Å². The molecule has 13 heavy (non-hydrogen) atoms. The fraction of sp³-hybridized carbons (Fsp3) is 0.667. The monoisotopic (exact) mass is 187 g/mol. The second-order valence-electron chi connectivity index (χ2n) is 3.69. The molecule has 1 unspecified atom stereocenters. The maximum absolute atomic E-state index is 11.0. The lowest BCUT2D eigenvalue weighted by atomic mass is 10.2. The van der Waals surface area contributed by atoms with Crippen molar-refractivity contribution in [2.45, 2.75) is 32.5 Å². The van der Waals surface area contributed by atoms with Crippen LogP contribution < -0.4 is 5.32 Å². The number of aliphatic hydroxyl groups is 1. The molecule has 4 nitrogen and oxygen atoms in total. The Morgan fingerprint density at radius 2 is 2.23 bits per heavy atom. The first kappa shape index (κ1) is 12.0. The van der Waals surface area contributed by atoms with E-state index >= 15 is 0 Å². The van der Waals surface area contributed by atoms with Crippen LogP contribution in [0.2, 0.25) is 0 Å². The normalized spacial score (nSPS) is 13.2. The summed E-state index contributed by atoms with van der Waals surface area (Å²) in [4.78, 5) is 11.0. The van der Waals surface area contributed by atoms with Crippen LogP contribution in [0.3, 0.4) is 0 Å². The molecule has 2 N–H and O–H groups in total. The number of ether oxygens (including phenoxy) is 1. The van der Waals surface area contributed by atoms with Gasteiger partial charge in [0.2, 0.25) is 0 Å². The van der Waals surface area contributed by atoms with Gasteiger partial charge in [-0.1, -0.05) is 6.08 Å². The largest absolute Gasteiger partial charge is 0.444 e. The fourth-order valence-corrected chi connectivity index (χ4v) is 0.585. The lowest BCUT2D eigenvalue weighted by molar-refractivity contribution is 0.0505. The quantitative estimate of drug-likeness (QED) is 0.649. The van der Waals surface area contributed by atoms with E-state index in [1.807, 2.05) is 0 Å². The number of carbonyl (C=O) groups is 1. The molecular formula is C9H17NO3. The molecule has 0 aliphatic rings. The van der Waals surface area contributed by atoms with E-state index in [1.54, 1.807) is 20.8 Å². The summed E-state index contributed by atoms with van der Waals surface area (Å²) in [5, 5.41) is 11.4. The Kier molecular flexibility index (Phi) is 4.48. The topological polar surface area (TPSA) is 58.6 Å². The minimum atomic E-state index is -0.729. The second kappa shape index (κ2) is 4.87. The van der Waals surface area contributed by atoms with Gasteiger partial charge in [0.15, 0.2) is 0 Å². The number of alkyl carbamates (subject to hydrolysis) is 1. The minimum absolute atomic E-state index is 0.123. The molecule has 4 heteroatoms. The standard InChI is InChI=1S/C9H17NO3/c1-5-7(11)6-10-8(12)13-9(2,3)4/h5,7,11H,1,6H2,2-4H3,(H,10,12). The first-order valence-corrected chi connectivity index (χ1v) is 4.12. The molecule has 76 valence electrons. The van der Waals surface area contributed by atoms with Gasteiger partial charge in [0.05, 0.1) is 12.6 Å². The van der Waals surface area contributed by atoms with Gasteiger partial charge in [-0.05, 0) is 20.8 Å². The van der Waals surface area contributed by atoms with Gasteiger partial charge in [0.1, 0.15) is 5.60 Å². The molecule has 1 atom stereocenters. The van der Waals surface area contributed by atoms with E-state index in [1.165, 1.54) is 6.08 Å². The average Bonchev–Trinajstić information content (AvgIpc) is 1.97. The van der Waals surface area contributed by atoms with Crippen molar-refractivity contribution in [2.24, 2.45) is 0 Å². The summed E-state index contributed by atoms with van der Waals surface area (Å²) >= 11 is 0. The summed E-state index contributed by atoms with van der Waals surface area (Å²) in [6.07, 6.45) is 0.0816. The number of nitrogens with one attached hydrogen (secondary N) is 1. The molecule has 0 aromatic heterocycles. The zero-order valence-corrected chi connectivity index (χ0v) is 8.33. The van der Waals surface area contributed by atoms with Crippen LogP contribution in [0.15, 0.2) is 12.7 Å². The molecule has 0 saturated heterocycles. The van der Waals surface area contributed by atoms with Gasteiger partial charge in [-0.25, -0.2) is 4.79 Å². The second-order valence-corrected chi connectivity index (χ2v) is 3.69. The molecule has 0 aliphatic carbocycles. The lowest BCUT2D eigenvalue weighted by Crippen LogP contribution is -2.36. The van der Waals surface area contributed by atoms with Crippen molar-refractivity contribution >= 4 is 6.09 Å². The summed E-state index contributed by atoms with van der Waals surface area (Å²) in [5.41, 5.74) is -0.511. The number of hydrogen-bond donors (Lipinski definition) is 2. The minimum Gasteiger partial charge on any atom is -0.444 e. The third-order valence-corrected chi connectivity index (χ3v) is 1.13. The zero-order chi connectivity index (χ0) is 10.5. The molecule has 0 fully saturated rings. The summed E-state index contributed by atoms with van der Waals surface area (Å²) in [5.74, 6) is 0. The first-order chi connectivity index (χ1) is 5.85. The predicted molar refractivity (Wildman–Crippen MR) is 50.4 cm³/mol. The van der Waals surface area contributed by atoms with Gasteiger partial charge in [-0.15, -0.1) is 6.58 Å². The van der Waals surface area contributed by atoms with Crippen molar-refractivity contribution in [2.75, 3.05) is 6.54 Å². The highest BCUT2D eigenvalue weighted by Crippen LogP contribution is 2.06. The Hall–Kier alpha value is -1.03. The van der Waals surface area contributed by atoms with E-state index in [4.69, 9.17) is 9.84 Å². The van der Waals surface area contributed by atoms with Gasteiger partial charge < -0.3 is 15.2 Å². The Balaban J connectivity index is 3.70. The number of carbonyl (C=O) groups excluding carboxylic acids is 1. The third kappa shape index (κ3) is 7.33. The first-order valence-electron chi connectivity index (χ1n) is 4.12. The number of aliphatic hydroxyl groups excluding tert-OH is 1. The fourth-order valence-electron chi connectivity index (χ4n) is 0.585. The van der Waals surface area contributed by atoms with Crippen molar-refractivity contribution in [1.29, 1.82) is 0 Å². The molecular weight excluding hydrogens is 170 g/mol. The maximum atomic E-state index is 11.0. The molecule has 0 heterocycles. The maximum Gasteiger partial charge on any atom is 0.407 e. The summed E-state index contributed by atoms with van der Waals surface area (Å²) in [6.45, 7) is 8.82. The Labute approximate surface area is 78.6 Å². The van der Waals surface area contributed by atoms with Crippen LogP contribution in [-0.2, 0) is 4.74 Å². The van der Waals surface area contributed by atoms with E-state index in [2.05, 4.69) is 11.9 Å². The van der Waals surface area contributed by atoms with Crippen LogP contribution in [-0.4, -0.2) is 29.4 Å². The summed E-state index contributed by atoms with van der Waals surface area (Å²) in [7, 11) is 0. The SMILES string of the molecule is C=CC(O)CNC(=O)OC(C)(C)C. The molecule has 0 rings (SSSR count). The van der Waals surface area contributed by atoms with E-state index < -0.39 is 17.8 Å². The van der Waals surface area contributed by atoms with Crippen LogP contribution >= 0.6 is 0 Å². The molecule has 0 aliphatic heterocycles. The van der Waals surface area contributed by atoms with Crippen molar-refractivity contribution < 1.29 is 14.6 Å². The van der Waals surface area contributed by atoms with Gasteiger partial charge >= 0.3 is 6.09 Å². The number of rotatable bonds is 3. The van der Waals surface area contributed by atoms with E-state index in [9.17, 15) is 4.79 Å². The molecule has 0 radical (unpaired) electrons. The van der Waals surface area contributed by atoms with E-state index in [0.29, 0.717) is 0 Å². The number of amides is 1. The Morgan fingerprint density at radius 1 is 1.69 bits per heavy atom. The molecule has 0 saturated carbocycles.